The van der Waals surface area contributed by atoms with Crippen LogP contribution in [0.5, 0.6) is 11.5 Å². The lowest BCUT2D eigenvalue weighted by molar-refractivity contribution is -0.176. The third-order valence-electron chi connectivity index (χ3n) is 7.63. The van der Waals surface area contributed by atoms with Gasteiger partial charge in [-0.05, 0) is 39.7 Å². The Balaban J connectivity index is 1.75. The van der Waals surface area contributed by atoms with Crippen LogP contribution in [-0.4, -0.2) is 66.4 Å². The van der Waals surface area contributed by atoms with Gasteiger partial charge in [-0.3, -0.25) is 19.2 Å². The number of nitrogens with zero attached hydrogens (tertiary/aromatic N) is 1. The predicted octanol–water partition coefficient (Wildman–Crippen LogP) is 4.90. The van der Waals surface area contributed by atoms with Crippen molar-refractivity contribution >= 4 is 23.8 Å². The zero-order chi connectivity index (χ0) is 34.7. The van der Waals surface area contributed by atoms with Gasteiger partial charge in [-0.1, -0.05) is 79.1 Å². The Hall–Kier alpha value is -4.93. The molecule has 4 atom stereocenters. The minimum atomic E-state index is -1.04. The predicted molar refractivity (Wildman–Crippen MR) is 174 cm³/mol. The number of cyclic esters (lactones) is 2. The SMILES string of the molecule is COc1ccnc(C(=O)NCC=C(C)C=C(C)C=C(C)C2COC(=O)C(Cc3ccccc3)C(OC(=O)C(C)C)C(C)OC2=O)c1O. The number of hydrogen-bond acceptors (Lipinski definition) is 10. The van der Waals surface area contributed by atoms with Gasteiger partial charge in [0.1, 0.15) is 24.5 Å². The molecule has 1 aliphatic rings. The van der Waals surface area contributed by atoms with Gasteiger partial charge in [0.2, 0.25) is 0 Å². The Bertz CT molecular complexity index is 1530. The Morgan fingerprint density at radius 3 is 2.43 bits per heavy atom. The van der Waals surface area contributed by atoms with Crippen molar-refractivity contribution in [2.75, 3.05) is 20.3 Å². The summed E-state index contributed by atoms with van der Waals surface area (Å²) in [4.78, 5) is 55.9. The summed E-state index contributed by atoms with van der Waals surface area (Å²) in [5.41, 5.74) is 2.94. The number of esters is 3. The minimum Gasteiger partial charge on any atom is -0.503 e. The molecule has 11 nitrogen and oxygen atoms in total. The number of aromatic nitrogens is 1. The van der Waals surface area contributed by atoms with E-state index in [0.717, 1.165) is 16.7 Å². The summed E-state index contributed by atoms with van der Waals surface area (Å²) >= 11 is 0. The molecule has 0 spiro atoms. The molecule has 0 radical (unpaired) electrons. The van der Waals surface area contributed by atoms with Crippen molar-refractivity contribution in [3.8, 4) is 11.5 Å². The van der Waals surface area contributed by atoms with Crippen molar-refractivity contribution < 1.29 is 43.2 Å². The number of ether oxygens (including phenoxy) is 4. The van der Waals surface area contributed by atoms with Crippen LogP contribution in [0, 0.1) is 17.8 Å². The van der Waals surface area contributed by atoms with Gasteiger partial charge in [0.25, 0.3) is 5.91 Å². The van der Waals surface area contributed by atoms with Gasteiger partial charge in [-0.15, -0.1) is 0 Å². The first-order valence-electron chi connectivity index (χ1n) is 15.5. The van der Waals surface area contributed by atoms with Crippen molar-refractivity contribution in [1.82, 2.24) is 10.3 Å². The zero-order valence-electron chi connectivity index (χ0n) is 27.9. The lowest BCUT2D eigenvalue weighted by Gasteiger charge is -2.29. The fraction of sp³-hybridized carbons (Fsp3) is 0.417. The van der Waals surface area contributed by atoms with E-state index in [-0.39, 0.29) is 36.8 Å². The smallest absolute Gasteiger partial charge is 0.316 e. The molecule has 2 N–H and O–H groups in total. The molecule has 3 rings (SSSR count). The van der Waals surface area contributed by atoms with Crippen molar-refractivity contribution in [3.63, 3.8) is 0 Å². The van der Waals surface area contributed by atoms with Crippen LogP contribution in [0.25, 0.3) is 0 Å². The highest BCUT2D eigenvalue weighted by Crippen LogP contribution is 2.28. The van der Waals surface area contributed by atoms with E-state index in [0.29, 0.717) is 5.57 Å². The van der Waals surface area contributed by atoms with Gasteiger partial charge >= 0.3 is 17.9 Å². The molecule has 1 aliphatic heterocycles. The first-order valence-corrected chi connectivity index (χ1v) is 15.5. The molecule has 11 heteroatoms. The van der Waals surface area contributed by atoms with E-state index in [1.807, 2.05) is 50.3 Å². The number of rotatable bonds is 11. The zero-order valence-corrected chi connectivity index (χ0v) is 27.9. The van der Waals surface area contributed by atoms with E-state index >= 15 is 0 Å². The lowest BCUT2D eigenvalue weighted by Crippen LogP contribution is -2.43. The van der Waals surface area contributed by atoms with Gasteiger partial charge in [-0.25, -0.2) is 4.98 Å². The molecule has 2 aromatic rings. The number of allylic oxidation sites excluding steroid dienone is 4. The summed E-state index contributed by atoms with van der Waals surface area (Å²) in [6.07, 6.45) is 5.10. The number of pyridine rings is 1. The highest BCUT2D eigenvalue weighted by atomic mass is 16.6. The first-order chi connectivity index (χ1) is 22.3. The van der Waals surface area contributed by atoms with E-state index in [1.54, 1.807) is 39.8 Å². The first kappa shape index (κ1) is 36.5. The molecule has 1 aromatic carbocycles. The van der Waals surface area contributed by atoms with E-state index < -0.39 is 53.8 Å². The quantitative estimate of drug-likeness (QED) is 0.196. The molecule has 0 bridgehead atoms. The van der Waals surface area contributed by atoms with E-state index in [4.69, 9.17) is 18.9 Å². The number of carbonyl (C=O) groups excluding carboxylic acids is 4. The highest BCUT2D eigenvalue weighted by molar-refractivity contribution is 5.95. The Morgan fingerprint density at radius 1 is 1.06 bits per heavy atom. The fourth-order valence-corrected chi connectivity index (χ4v) is 5.04. The summed E-state index contributed by atoms with van der Waals surface area (Å²) in [6, 6.07) is 10.8. The molecule has 1 aromatic heterocycles. The maximum atomic E-state index is 13.5. The van der Waals surface area contributed by atoms with Crippen LogP contribution in [0.3, 0.4) is 0 Å². The van der Waals surface area contributed by atoms with Crippen LogP contribution in [0.4, 0.5) is 0 Å². The largest absolute Gasteiger partial charge is 0.503 e. The second-order valence-corrected chi connectivity index (χ2v) is 11.8. The number of amides is 1. The van der Waals surface area contributed by atoms with Crippen LogP contribution in [0.1, 0.15) is 57.6 Å². The Morgan fingerprint density at radius 2 is 1.77 bits per heavy atom. The lowest BCUT2D eigenvalue weighted by atomic mass is 9.91. The van der Waals surface area contributed by atoms with Crippen molar-refractivity contribution in [1.29, 1.82) is 0 Å². The van der Waals surface area contributed by atoms with E-state index in [1.165, 1.54) is 19.4 Å². The van der Waals surface area contributed by atoms with Gasteiger partial charge < -0.3 is 29.4 Å². The molecule has 1 saturated heterocycles. The number of methoxy groups -OCH3 is 1. The molecule has 1 amide bonds. The molecule has 2 heterocycles. The molecule has 4 unspecified atom stereocenters. The monoisotopic (exact) mass is 648 g/mol. The third-order valence-corrected chi connectivity index (χ3v) is 7.63. The standard InChI is InChI=1S/C36H44N2O9/c1-21(2)34(41)47-32-25(6)46-36(43)28(20-45-35(42)27(32)19-26-11-9-8-10-12-26)24(5)18-23(4)17-22(3)13-15-38-33(40)30-31(39)29(44-7)14-16-37-30/h8-14,16-18,21,25,27-28,32,39H,15,19-20H2,1-7H3,(H,38,40). The average Bonchev–Trinajstić information content (AvgIpc) is 3.06. The Labute approximate surface area is 275 Å². The molecule has 252 valence electrons. The van der Waals surface area contributed by atoms with Crippen LogP contribution in [0.2, 0.25) is 0 Å². The molecular weight excluding hydrogens is 604 g/mol. The number of benzene rings is 1. The summed E-state index contributed by atoms with van der Waals surface area (Å²) in [5, 5.41) is 12.8. The molecule has 1 fully saturated rings. The minimum absolute atomic E-state index is 0.145. The van der Waals surface area contributed by atoms with Gasteiger partial charge in [0, 0.05) is 18.8 Å². The van der Waals surface area contributed by atoms with Crippen molar-refractivity contribution in [2.24, 2.45) is 17.8 Å². The number of carbonyl (C=O) groups is 4. The van der Waals surface area contributed by atoms with E-state index in [2.05, 4.69) is 10.3 Å². The second-order valence-electron chi connectivity index (χ2n) is 11.8. The van der Waals surface area contributed by atoms with Gasteiger partial charge in [0.15, 0.2) is 23.3 Å². The molecular formula is C36H44N2O9. The fourth-order valence-electron chi connectivity index (χ4n) is 5.04. The van der Waals surface area contributed by atoms with E-state index in [9.17, 15) is 24.3 Å². The summed E-state index contributed by atoms with van der Waals surface area (Å²) in [6.45, 7) is 10.4. The van der Waals surface area contributed by atoms with Crippen molar-refractivity contribution in [3.05, 3.63) is 88.8 Å². The molecule has 0 saturated carbocycles. The van der Waals surface area contributed by atoms with Crippen LogP contribution in [-0.2, 0) is 35.0 Å². The Kier molecular flexibility index (Phi) is 13.3. The van der Waals surface area contributed by atoms with Crippen LogP contribution >= 0.6 is 0 Å². The second kappa shape index (κ2) is 17.1. The molecule has 47 heavy (non-hydrogen) atoms. The number of aromatic hydroxyl groups is 1. The normalized spacial score (nSPS) is 21.1. The molecule has 0 aliphatic carbocycles. The van der Waals surface area contributed by atoms with Crippen LogP contribution < -0.4 is 10.1 Å². The highest BCUT2D eigenvalue weighted by Gasteiger charge is 2.42. The number of hydrogen-bond donors (Lipinski definition) is 2. The van der Waals surface area contributed by atoms with Gasteiger partial charge in [0.05, 0.1) is 13.0 Å². The average molecular weight is 649 g/mol. The maximum Gasteiger partial charge on any atom is 0.316 e. The van der Waals surface area contributed by atoms with Gasteiger partial charge in [-0.2, -0.15) is 0 Å². The van der Waals surface area contributed by atoms with Crippen molar-refractivity contribution in [2.45, 2.75) is 60.2 Å². The van der Waals surface area contributed by atoms with Crippen LogP contribution in [0.15, 0.2) is 77.5 Å². The summed E-state index contributed by atoms with van der Waals surface area (Å²) < 4.78 is 22.3. The number of nitrogens with one attached hydrogen (secondary N) is 1. The summed E-state index contributed by atoms with van der Waals surface area (Å²) in [7, 11) is 1.38. The summed E-state index contributed by atoms with van der Waals surface area (Å²) in [5.74, 6) is -4.65. The maximum absolute atomic E-state index is 13.5. The third kappa shape index (κ3) is 10.3. The topological polar surface area (TPSA) is 150 Å².